The Morgan fingerprint density at radius 1 is 1.20 bits per heavy atom. The van der Waals surface area contributed by atoms with Crippen molar-refractivity contribution in [2.45, 2.75) is 83.7 Å². The Morgan fingerprint density at radius 2 is 2.00 bits per heavy atom. The van der Waals surface area contributed by atoms with E-state index >= 15 is 0 Å². The molecule has 1 fully saturated rings. The second kappa shape index (κ2) is 6.19. The van der Waals surface area contributed by atoms with Crippen LogP contribution in [0.3, 0.4) is 0 Å². The van der Waals surface area contributed by atoms with E-state index in [0.717, 1.165) is 5.92 Å². The number of nitrogens with zero attached hydrogens (tertiary/aromatic N) is 2. The molecule has 0 saturated heterocycles. The number of aromatic nitrogens is 2. The number of hydrogen-bond donors (Lipinski definition) is 1. The highest BCUT2D eigenvalue weighted by Crippen LogP contribution is 2.32. The van der Waals surface area contributed by atoms with Gasteiger partial charge in [0.25, 0.3) is 0 Å². The van der Waals surface area contributed by atoms with Gasteiger partial charge in [-0.25, -0.2) is 4.68 Å². The highest BCUT2D eigenvalue weighted by molar-refractivity contribution is 5.40. The van der Waals surface area contributed by atoms with E-state index in [1.165, 1.54) is 69.3 Å². The topological polar surface area (TPSA) is 29.9 Å². The van der Waals surface area contributed by atoms with Gasteiger partial charge in [-0.15, -0.1) is 0 Å². The van der Waals surface area contributed by atoms with E-state index < -0.39 is 0 Å². The average molecular weight is 275 g/mol. The molecule has 2 atom stereocenters. The highest BCUT2D eigenvalue weighted by atomic mass is 15.4. The number of rotatable bonds is 4. The lowest BCUT2D eigenvalue weighted by atomic mass is 9.86. The van der Waals surface area contributed by atoms with Crippen molar-refractivity contribution in [3.8, 4) is 0 Å². The summed E-state index contributed by atoms with van der Waals surface area (Å²) in [6, 6.07) is 3.54. The maximum absolute atomic E-state index is 4.92. The van der Waals surface area contributed by atoms with Gasteiger partial charge in [0, 0.05) is 12.1 Å². The molecule has 1 aliphatic heterocycles. The Kier molecular flexibility index (Phi) is 4.32. The Labute approximate surface area is 123 Å². The minimum atomic E-state index is 0.594. The van der Waals surface area contributed by atoms with Crippen LogP contribution in [0.15, 0.2) is 6.07 Å². The van der Waals surface area contributed by atoms with Gasteiger partial charge in [0.1, 0.15) is 5.82 Å². The average Bonchev–Trinajstić information content (AvgIpc) is 2.89. The Balaban J connectivity index is 1.73. The van der Waals surface area contributed by atoms with Crippen molar-refractivity contribution >= 4 is 5.82 Å². The fourth-order valence-electron chi connectivity index (χ4n) is 3.92. The Bertz CT molecular complexity index is 431. The summed E-state index contributed by atoms with van der Waals surface area (Å²) in [5.41, 5.74) is 1.31. The number of anilines is 1. The molecule has 2 aliphatic rings. The fraction of sp³-hybridized carbons (Fsp3) is 0.824. The quantitative estimate of drug-likeness (QED) is 0.873. The number of fused-ring (bicyclic) bond motifs is 1. The van der Waals surface area contributed by atoms with E-state index in [4.69, 9.17) is 5.10 Å². The van der Waals surface area contributed by atoms with Crippen LogP contribution in [0.4, 0.5) is 5.82 Å². The van der Waals surface area contributed by atoms with Crippen molar-refractivity contribution in [1.29, 1.82) is 0 Å². The van der Waals surface area contributed by atoms with Gasteiger partial charge in [0.05, 0.1) is 11.7 Å². The zero-order valence-corrected chi connectivity index (χ0v) is 13.1. The Hall–Kier alpha value is -0.990. The third-order valence-corrected chi connectivity index (χ3v) is 5.23. The molecule has 0 aromatic carbocycles. The van der Waals surface area contributed by atoms with Gasteiger partial charge in [-0.2, -0.15) is 5.10 Å². The van der Waals surface area contributed by atoms with E-state index in [-0.39, 0.29) is 0 Å². The van der Waals surface area contributed by atoms with E-state index in [0.29, 0.717) is 12.1 Å². The third-order valence-electron chi connectivity index (χ3n) is 5.23. The van der Waals surface area contributed by atoms with Crippen LogP contribution in [0.5, 0.6) is 0 Å². The molecule has 1 aromatic heterocycles. The first-order valence-corrected chi connectivity index (χ1v) is 8.65. The molecule has 3 nitrogen and oxygen atoms in total. The second-order valence-electron chi connectivity index (χ2n) is 6.72. The van der Waals surface area contributed by atoms with Gasteiger partial charge >= 0.3 is 0 Å². The summed E-state index contributed by atoms with van der Waals surface area (Å²) in [6.45, 7) is 4.56. The predicted octanol–water partition coefficient (Wildman–Crippen LogP) is 4.55. The first-order chi connectivity index (χ1) is 9.80. The SMILES string of the molecule is CCC1CC(CC)n2nc(CC3CCCCC3)cc2N1. The normalized spacial score (nSPS) is 27.1. The lowest BCUT2D eigenvalue weighted by molar-refractivity contribution is 0.343. The second-order valence-corrected chi connectivity index (χ2v) is 6.72. The van der Waals surface area contributed by atoms with Crippen molar-refractivity contribution in [2.24, 2.45) is 5.92 Å². The van der Waals surface area contributed by atoms with Crippen molar-refractivity contribution in [1.82, 2.24) is 9.78 Å². The van der Waals surface area contributed by atoms with Crippen molar-refractivity contribution in [3.05, 3.63) is 11.8 Å². The van der Waals surface area contributed by atoms with Crippen LogP contribution in [0.2, 0.25) is 0 Å². The zero-order valence-electron chi connectivity index (χ0n) is 13.1. The molecule has 1 N–H and O–H groups in total. The minimum absolute atomic E-state index is 0.594. The molecule has 1 aliphatic carbocycles. The van der Waals surface area contributed by atoms with Gasteiger partial charge in [-0.3, -0.25) is 0 Å². The highest BCUT2D eigenvalue weighted by Gasteiger charge is 2.26. The first-order valence-electron chi connectivity index (χ1n) is 8.65. The van der Waals surface area contributed by atoms with Crippen molar-refractivity contribution in [2.75, 3.05) is 5.32 Å². The van der Waals surface area contributed by atoms with Crippen LogP contribution in [-0.2, 0) is 6.42 Å². The third kappa shape index (κ3) is 2.87. The molecule has 2 heterocycles. The standard InChI is InChI=1S/C17H29N3/c1-3-14-11-16(4-2)20-17(18-14)12-15(19-20)10-13-8-6-5-7-9-13/h12-14,16,18H,3-11H2,1-2H3. The summed E-state index contributed by atoms with van der Waals surface area (Å²) in [5.74, 6) is 2.14. The van der Waals surface area contributed by atoms with Gasteiger partial charge in [-0.1, -0.05) is 46.0 Å². The maximum Gasteiger partial charge on any atom is 0.125 e. The summed E-state index contributed by atoms with van der Waals surface area (Å²) in [5, 5.41) is 8.59. The summed E-state index contributed by atoms with van der Waals surface area (Å²) in [4.78, 5) is 0. The molecule has 0 radical (unpaired) electrons. The van der Waals surface area contributed by atoms with Gasteiger partial charge in [-0.05, 0) is 31.6 Å². The summed E-state index contributed by atoms with van der Waals surface area (Å²) >= 11 is 0. The molecule has 1 aromatic rings. The molecule has 3 rings (SSSR count). The summed E-state index contributed by atoms with van der Waals surface area (Å²) in [6.07, 6.45) is 11.9. The summed E-state index contributed by atoms with van der Waals surface area (Å²) in [7, 11) is 0. The van der Waals surface area contributed by atoms with Gasteiger partial charge in [0.2, 0.25) is 0 Å². The lowest BCUT2D eigenvalue weighted by Gasteiger charge is -2.31. The van der Waals surface area contributed by atoms with Gasteiger partial charge < -0.3 is 5.32 Å². The number of nitrogens with one attached hydrogen (secondary N) is 1. The maximum atomic E-state index is 4.92. The van der Waals surface area contributed by atoms with Crippen LogP contribution in [0.25, 0.3) is 0 Å². The molecule has 0 spiro atoms. The molecule has 0 bridgehead atoms. The molecule has 3 heteroatoms. The van der Waals surface area contributed by atoms with Crippen LogP contribution < -0.4 is 5.32 Å². The predicted molar refractivity (Wildman–Crippen MR) is 84.2 cm³/mol. The largest absolute Gasteiger partial charge is 0.367 e. The van der Waals surface area contributed by atoms with Crippen LogP contribution in [0, 0.1) is 5.92 Å². The van der Waals surface area contributed by atoms with Crippen molar-refractivity contribution < 1.29 is 0 Å². The smallest absolute Gasteiger partial charge is 0.125 e. The van der Waals surface area contributed by atoms with Crippen LogP contribution in [0.1, 0.15) is 76.9 Å². The Morgan fingerprint density at radius 3 is 2.70 bits per heavy atom. The fourth-order valence-corrected chi connectivity index (χ4v) is 3.92. The molecule has 20 heavy (non-hydrogen) atoms. The van der Waals surface area contributed by atoms with Crippen molar-refractivity contribution in [3.63, 3.8) is 0 Å². The molecule has 2 unspecified atom stereocenters. The molecule has 112 valence electrons. The number of hydrogen-bond acceptors (Lipinski definition) is 2. The monoisotopic (exact) mass is 275 g/mol. The van der Waals surface area contributed by atoms with E-state index in [9.17, 15) is 0 Å². The van der Waals surface area contributed by atoms with E-state index in [1.807, 2.05) is 0 Å². The zero-order chi connectivity index (χ0) is 13.9. The molecular formula is C17H29N3. The minimum Gasteiger partial charge on any atom is -0.367 e. The first kappa shape index (κ1) is 14.0. The molecule has 0 amide bonds. The summed E-state index contributed by atoms with van der Waals surface area (Å²) < 4.78 is 2.27. The van der Waals surface area contributed by atoms with Crippen LogP contribution in [-0.4, -0.2) is 15.8 Å². The van der Waals surface area contributed by atoms with E-state index in [1.54, 1.807) is 0 Å². The van der Waals surface area contributed by atoms with Crippen LogP contribution >= 0.6 is 0 Å². The van der Waals surface area contributed by atoms with Gasteiger partial charge in [0.15, 0.2) is 0 Å². The molecular weight excluding hydrogens is 246 g/mol. The lowest BCUT2D eigenvalue weighted by Crippen LogP contribution is -2.31. The molecule has 1 saturated carbocycles. The van der Waals surface area contributed by atoms with E-state index in [2.05, 4.69) is 29.9 Å².